The van der Waals surface area contributed by atoms with Gasteiger partial charge in [-0.25, -0.2) is 8.78 Å². The lowest BCUT2D eigenvalue weighted by molar-refractivity contribution is 0.416. The molecule has 0 aliphatic rings. The molecular formula is C15H15F2NO. The van der Waals surface area contributed by atoms with Crippen molar-refractivity contribution in [2.24, 2.45) is 0 Å². The summed E-state index contributed by atoms with van der Waals surface area (Å²) in [5, 5.41) is 3.21. The Morgan fingerprint density at radius 3 is 2.47 bits per heavy atom. The van der Waals surface area contributed by atoms with Gasteiger partial charge in [-0.3, -0.25) is 0 Å². The number of hydrogen-bond donors (Lipinski definition) is 1. The van der Waals surface area contributed by atoms with E-state index in [1.807, 2.05) is 31.2 Å². The molecule has 1 N–H and O–H groups in total. The van der Waals surface area contributed by atoms with Gasteiger partial charge in [0.15, 0.2) is 11.6 Å². The zero-order valence-electron chi connectivity index (χ0n) is 10.8. The predicted octanol–water partition coefficient (Wildman–Crippen LogP) is 4.15. The first kappa shape index (κ1) is 13.3. The largest absolute Gasteiger partial charge is 0.495 e. The standard InChI is InChI=1S/C15H15F2NO/c1-10(11-7-8-12(16)13(17)9-11)18-14-5-3-4-6-15(14)19-2/h3-10,18H,1-2H3. The Hall–Kier alpha value is -2.10. The Kier molecular flexibility index (Phi) is 4.00. The van der Waals surface area contributed by atoms with E-state index in [1.165, 1.54) is 6.07 Å². The summed E-state index contributed by atoms with van der Waals surface area (Å²) in [7, 11) is 1.59. The van der Waals surface area contributed by atoms with Crippen molar-refractivity contribution in [3.8, 4) is 5.75 Å². The van der Waals surface area contributed by atoms with Gasteiger partial charge in [0, 0.05) is 6.04 Å². The van der Waals surface area contributed by atoms with E-state index in [2.05, 4.69) is 5.32 Å². The first-order valence-corrected chi connectivity index (χ1v) is 5.96. The Morgan fingerprint density at radius 2 is 1.79 bits per heavy atom. The van der Waals surface area contributed by atoms with Crippen LogP contribution >= 0.6 is 0 Å². The maximum atomic E-state index is 13.2. The molecule has 0 saturated heterocycles. The average molecular weight is 263 g/mol. The van der Waals surface area contributed by atoms with Crippen LogP contribution in [0.4, 0.5) is 14.5 Å². The lowest BCUT2D eigenvalue weighted by Crippen LogP contribution is -2.08. The van der Waals surface area contributed by atoms with Crippen molar-refractivity contribution in [1.82, 2.24) is 0 Å². The number of hydrogen-bond acceptors (Lipinski definition) is 2. The topological polar surface area (TPSA) is 21.3 Å². The van der Waals surface area contributed by atoms with E-state index in [0.717, 1.165) is 11.8 Å². The zero-order chi connectivity index (χ0) is 13.8. The maximum Gasteiger partial charge on any atom is 0.159 e. The van der Waals surface area contributed by atoms with Gasteiger partial charge in [0.05, 0.1) is 12.8 Å². The van der Waals surface area contributed by atoms with Crippen molar-refractivity contribution < 1.29 is 13.5 Å². The summed E-state index contributed by atoms with van der Waals surface area (Å²) in [5.41, 5.74) is 1.48. The van der Waals surface area contributed by atoms with Crippen LogP contribution in [0.2, 0.25) is 0 Å². The number of methoxy groups -OCH3 is 1. The number of ether oxygens (including phenoxy) is 1. The molecule has 1 atom stereocenters. The first-order valence-electron chi connectivity index (χ1n) is 5.96. The second-order valence-electron chi connectivity index (χ2n) is 4.24. The molecule has 0 aliphatic carbocycles. The van der Waals surface area contributed by atoms with E-state index >= 15 is 0 Å². The average Bonchev–Trinajstić information content (AvgIpc) is 2.42. The lowest BCUT2D eigenvalue weighted by atomic mass is 10.1. The minimum Gasteiger partial charge on any atom is -0.495 e. The normalized spacial score (nSPS) is 12.0. The van der Waals surface area contributed by atoms with Crippen molar-refractivity contribution in [2.45, 2.75) is 13.0 Å². The molecule has 0 aromatic heterocycles. The molecule has 0 bridgehead atoms. The maximum absolute atomic E-state index is 13.2. The molecule has 0 aliphatic heterocycles. The summed E-state index contributed by atoms with van der Waals surface area (Å²) < 4.78 is 31.3. The molecule has 19 heavy (non-hydrogen) atoms. The van der Waals surface area contributed by atoms with Gasteiger partial charge in [0.25, 0.3) is 0 Å². The summed E-state index contributed by atoms with van der Waals surface area (Å²) in [6.45, 7) is 1.87. The molecule has 0 spiro atoms. The highest BCUT2D eigenvalue weighted by Crippen LogP contribution is 2.28. The molecule has 0 saturated carbocycles. The zero-order valence-corrected chi connectivity index (χ0v) is 10.8. The number of rotatable bonds is 4. The highest BCUT2D eigenvalue weighted by atomic mass is 19.2. The Bertz CT molecular complexity index is 572. The molecule has 0 fully saturated rings. The Balaban J connectivity index is 2.20. The van der Waals surface area contributed by atoms with Crippen molar-refractivity contribution in [1.29, 1.82) is 0 Å². The van der Waals surface area contributed by atoms with E-state index < -0.39 is 11.6 Å². The quantitative estimate of drug-likeness (QED) is 0.894. The SMILES string of the molecule is COc1ccccc1NC(C)c1ccc(F)c(F)c1. The third kappa shape index (κ3) is 3.02. The van der Waals surface area contributed by atoms with Gasteiger partial charge in [0.2, 0.25) is 0 Å². The van der Waals surface area contributed by atoms with Crippen LogP contribution in [0.1, 0.15) is 18.5 Å². The predicted molar refractivity (Wildman–Crippen MR) is 71.4 cm³/mol. The molecule has 4 heteroatoms. The highest BCUT2D eigenvalue weighted by Gasteiger charge is 2.11. The second kappa shape index (κ2) is 5.69. The smallest absolute Gasteiger partial charge is 0.159 e. The lowest BCUT2D eigenvalue weighted by Gasteiger charge is -2.18. The van der Waals surface area contributed by atoms with Gasteiger partial charge in [-0.1, -0.05) is 18.2 Å². The number of nitrogens with one attached hydrogen (secondary N) is 1. The van der Waals surface area contributed by atoms with Gasteiger partial charge in [0.1, 0.15) is 5.75 Å². The third-order valence-corrected chi connectivity index (χ3v) is 2.92. The Morgan fingerprint density at radius 1 is 1.05 bits per heavy atom. The number of anilines is 1. The van der Waals surface area contributed by atoms with Crippen LogP contribution < -0.4 is 10.1 Å². The molecule has 0 heterocycles. The van der Waals surface area contributed by atoms with Crippen molar-refractivity contribution in [3.05, 3.63) is 59.7 Å². The van der Waals surface area contributed by atoms with Crippen LogP contribution in [0.5, 0.6) is 5.75 Å². The molecule has 2 aromatic carbocycles. The third-order valence-electron chi connectivity index (χ3n) is 2.92. The van der Waals surface area contributed by atoms with Gasteiger partial charge in [-0.2, -0.15) is 0 Å². The van der Waals surface area contributed by atoms with Gasteiger partial charge in [-0.05, 0) is 36.8 Å². The molecule has 2 nitrogen and oxygen atoms in total. The highest BCUT2D eigenvalue weighted by molar-refractivity contribution is 5.57. The monoisotopic (exact) mass is 263 g/mol. The fourth-order valence-electron chi connectivity index (χ4n) is 1.86. The summed E-state index contributed by atoms with van der Waals surface area (Å²) in [4.78, 5) is 0. The van der Waals surface area contributed by atoms with E-state index in [1.54, 1.807) is 13.2 Å². The van der Waals surface area contributed by atoms with E-state index in [-0.39, 0.29) is 6.04 Å². The van der Waals surface area contributed by atoms with Crippen LogP contribution in [-0.2, 0) is 0 Å². The summed E-state index contributed by atoms with van der Waals surface area (Å²) in [6, 6.07) is 11.2. The van der Waals surface area contributed by atoms with Crippen LogP contribution in [0.15, 0.2) is 42.5 Å². The van der Waals surface area contributed by atoms with Crippen LogP contribution in [0.3, 0.4) is 0 Å². The molecule has 100 valence electrons. The minimum atomic E-state index is -0.842. The fraction of sp³-hybridized carbons (Fsp3) is 0.200. The van der Waals surface area contributed by atoms with E-state index in [9.17, 15) is 8.78 Å². The van der Waals surface area contributed by atoms with E-state index in [4.69, 9.17) is 4.74 Å². The molecule has 0 amide bonds. The van der Waals surface area contributed by atoms with Crippen molar-refractivity contribution in [2.75, 3.05) is 12.4 Å². The van der Waals surface area contributed by atoms with Crippen molar-refractivity contribution >= 4 is 5.69 Å². The molecule has 2 rings (SSSR count). The fourth-order valence-corrected chi connectivity index (χ4v) is 1.86. The summed E-state index contributed by atoms with van der Waals surface area (Å²) >= 11 is 0. The molecule has 2 aromatic rings. The molecular weight excluding hydrogens is 248 g/mol. The first-order chi connectivity index (χ1) is 9.11. The number of halogens is 2. The van der Waals surface area contributed by atoms with Gasteiger partial charge < -0.3 is 10.1 Å². The minimum absolute atomic E-state index is 0.161. The van der Waals surface area contributed by atoms with Crippen LogP contribution in [0.25, 0.3) is 0 Å². The van der Waals surface area contributed by atoms with Crippen LogP contribution in [-0.4, -0.2) is 7.11 Å². The van der Waals surface area contributed by atoms with Crippen LogP contribution in [0, 0.1) is 11.6 Å². The summed E-state index contributed by atoms with van der Waals surface area (Å²) in [5.74, 6) is -0.976. The second-order valence-corrected chi connectivity index (χ2v) is 4.24. The van der Waals surface area contributed by atoms with E-state index in [0.29, 0.717) is 11.3 Å². The van der Waals surface area contributed by atoms with Gasteiger partial charge >= 0.3 is 0 Å². The molecule has 1 unspecified atom stereocenters. The van der Waals surface area contributed by atoms with Gasteiger partial charge in [-0.15, -0.1) is 0 Å². The Labute approximate surface area is 111 Å². The van der Waals surface area contributed by atoms with Crippen molar-refractivity contribution in [3.63, 3.8) is 0 Å². The number of para-hydroxylation sites is 2. The summed E-state index contributed by atoms with van der Waals surface area (Å²) in [6.07, 6.45) is 0. The molecule has 0 radical (unpaired) electrons. The number of benzene rings is 2.